The van der Waals surface area contributed by atoms with E-state index in [4.69, 9.17) is 14.2 Å². The molecule has 0 aliphatic rings. The van der Waals surface area contributed by atoms with Crippen molar-refractivity contribution >= 4 is 15.9 Å². The van der Waals surface area contributed by atoms with Gasteiger partial charge < -0.3 is 19.5 Å². The van der Waals surface area contributed by atoms with E-state index < -0.39 is 10.0 Å². The van der Waals surface area contributed by atoms with E-state index in [2.05, 4.69) is 10.0 Å². The third kappa shape index (κ3) is 7.04. The summed E-state index contributed by atoms with van der Waals surface area (Å²) in [5.74, 6) is 0.856. The van der Waals surface area contributed by atoms with Crippen molar-refractivity contribution in [3.05, 3.63) is 54.1 Å². The van der Waals surface area contributed by atoms with Crippen molar-refractivity contribution < 1.29 is 27.4 Å². The van der Waals surface area contributed by atoms with Crippen LogP contribution >= 0.6 is 0 Å². The third-order valence-electron chi connectivity index (χ3n) is 4.10. The molecule has 1 atom stereocenters. The SMILES string of the molecule is COCCNS(=O)(=O)c1ccc(OCC(=O)NC(C)c2ccc(OC)cc2)cc1. The fraction of sp³-hybridized carbons (Fsp3) is 0.350. The monoisotopic (exact) mass is 422 g/mol. The van der Waals surface area contributed by atoms with Gasteiger partial charge in [0.15, 0.2) is 6.61 Å². The van der Waals surface area contributed by atoms with E-state index in [1.165, 1.54) is 31.4 Å². The van der Waals surface area contributed by atoms with Gasteiger partial charge in [0.05, 0.1) is 24.7 Å². The Balaban J connectivity index is 1.85. The number of ether oxygens (including phenoxy) is 3. The molecule has 1 unspecified atom stereocenters. The molecule has 0 heterocycles. The first-order valence-electron chi connectivity index (χ1n) is 9.00. The quantitative estimate of drug-likeness (QED) is 0.536. The number of rotatable bonds is 11. The van der Waals surface area contributed by atoms with Crippen molar-refractivity contribution in [2.45, 2.75) is 17.9 Å². The molecular weight excluding hydrogens is 396 g/mol. The van der Waals surface area contributed by atoms with Crippen molar-refractivity contribution in [1.29, 1.82) is 0 Å². The molecule has 8 nitrogen and oxygen atoms in total. The first kappa shape index (κ1) is 22.7. The average Bonchev–Trinajstić information content (AvgIpc) is 2.72. The Morgan fingerprint density at radius 2 is 1.62 bits per heavy atom. The van der Waals surface area contributed by atoms with E-state index in [9.17, 15) is 13.2 Å². The van der Waals surface area contributed by atoms with Crippen LogP contribution in [0.15, 0.2) is 53.4 Å². The minimum absolute atomic E-state index is 0.110. The third-order valence-corrected chi connectivity index (χ3v) is 5.57. The van der Waals surface area contributed by atoms with Crippen LogP contribution in [0.25, 0.3) is 0 Å². The fourth-order valence-electron chi connectivity index (χ4n) is 2.48. The maximum absolute atomic E-state index is 12.1. The molecule has 0 aliphatic carbocycles. The van der Waals surface area contributed by atoms with Crippen LogP contribution in [0.2, 0.25) is 0 Å². The van der Waals surface area contributed by atoms with Gasteiger partial charge >= 0.3 is 0 Å². The molecule has 2 N–H and O–H groups in total. The Labute approximate surface area is 171 Å². The van der Waals surface area contributed by atoms with Gasteiger partial charge in [0, 0.05) is 13.7 Å². The number of carbonyl (C=O) groups excluding carboxylic acids is 1. The molecule has 0 fully saturated rings. The summed E-state index contributed by atoms with van der Waals surface area (Å²) < 4.78 is 42.0. The number of amides is 1. The molecule has 2 rings (SSSR count). The summed E-state index contributed by atoms with van der Waals surface area (Å²) >= 11 is 0. The molecule has 0 aromatic heterocycles. The summed E-state index contributed by atoms with van der Waals surface area (Å²) in [7, 11) is -0.517. The fourth-order valence-corrected chi connectivity index (χ4v) is 3.50. The normalized spacial score (nSPS) is 12.2. The molecule has 0 saturated carbocycles. The molecule has 0 aliphatic heterocycles. The lowest BCUT2D eigenvalue weighted by Crippen LogP contribution is -2.31. The van der Waals surface area contributed by atoms with Gasteiger partial charge in [0.25, 0.3) is 5.91 Å². The van der Waals surface area contributed by atoms with Gasteiger partial charge in [-0.2, -0.15) is 0 Å². The predicted octanol–water partition coefficient (Wildman–Crippen LogP) is 1.88. The summed E-state index contributed by atoms with van der Waals surface area (Å²) in [5.41, 5.74) is 0.940. The van der Waals surface area contributed by atoms with E-state index in [1.54, 1.807) is 7.11 Å². The van der Waals surface area contributed by atoms with Crippen LogP contribution in [-0.4, -0.2) is 48.3 Å². The first-order chi connectivity index (χ1) is 13.9. The first-order valence-corrected chi connectivity index (χ1v) is 10.5. The van der Waals surface area contributed by atoms with Crippen molar-refractivity contribution in [1.82, 2.24) is 10.0 Å². The predicted molar refractivity (Wildman–Crippen MR) is 109 cm³/mol. The Morgan fingerprint density at radius 1 is 1.00 bits per heavy atom. The lowest BCUT2D eigenvalue weighted by atomic mass is 10.1. The summed E-state index contributed by atoms with van der Waals surface area (Å²) in [6, 6.07) is 13.1. The van der Waals surface area contributed by atoms with Crippen LogP contribution in [0.3, 0.4) is 0 Å². The maximum Gasteiger partial charge on any atom is 0.258 e. The Kier molecular flexibility index (Phi) is 8.44. The highest BCUT2D eigenvalue weighted by Crippen LogP contribution is 2.18. The molecule has 9 heteroatoms. The highest BCUT2D eigenvalue weighted by Gasteiger charge is 2.14. The highest BCUT2D eigenvalue weighted by atomic mass is 32.2. The largest absolute Gasteiger partial charge is 0.497 e. The minimum Gasteiger partial charge on any atom is -0.497 e. The van der Waals surface area contributed by atoms with Crippen molar-refractivity contribution in [2.75, 3.05) is 34.0 Å². The van der Waals surface area contributed by atoms with Crippen molar-refractivity contribution in [3.63, 3.8) is 0 Å². The van der Waals surface area contributed by atoms with Crippen LogP contribution < -0.4 is 19.5 Å². The van der Waals surface area contributed by atoms with Gasteiger partial charge in [-0.25, -0.2) is 13.1 Å². The number of hydrogen-bond donors (Lipinski definition) is 2. The molecule has 158 valence electrons. The van der Waals surface area contributed by atoms with Gasteiger partial charge in [-0.05, 0) is 48.9 Å². The Bertz CT molecular complexity index is 882. The number of nitrogens with one attached hydrogen (secondary N) is 2. The zero-order chi connectivity index (χ0) is 21.3. The molecular formula is C20H26N2O6S. The number of methoxy groups -OCH3 is 2. The van der Waals surface area contributed by atoms with Crippen LogP contribution in [-0.2, 0) is 19.6 Å². The summed E-state index contributed by atoms with van der Waals surface area (Å²) in [5, 5.41) is 2.85. The zero-order valence-electron chi connectivity index (χ0n) is 16.7. The second-order valence-corrected chi connectivity index (χ2v) is 7.98. The van der Waals surface area contributed by atoms with Gasteiger partial charge in [0.1, 0.15) is 11.5 Å². The molecule has 0 bridgehead atoms. The van der Waals surface area contributed by atoms with E-state index >= 15 is 0 Å². The summed E-state index contributed by atoms with van der Waals surface area (Å²) in [6.07, 6.45) is 0. The molecule has 0 radical (unpaired) electrons. The summed E-state index contributed by atoms with van der Waals surface area (Å²) in [4.78, 5) is 12.2. The second kappa shape index (κ2) is 10.8. The van der Waals surface area contributed by atoms with Crippen LogP contribution in [0.4, 0.5) is 0 Å². The van der Waals surface area contributed by atoms with Crippen molar-refractivity contribution in [3.8, 4) is 11.5 Å². The van der Waals surface area contributed by atoms with Gasteiger partial charge in [-0.1, -0.05) is 12.1 Å². The van der Waals surface area contributed by atoms with Crippen LogP contribution in [0, 0.1) is 0 Å². The number of benzene rings is 2. The van der Waals surface area contributed by atoms with Gasteiger partial charge in [-0.3, -0.25) is 4.79 Å². The van der Waals surface area contributed by atoms with E-state index in [0.29, 0.717) is 5.75 Å². The van der Waals surface area contributed by atoms with Gasteiger partial charge in [0.2, 0.25) is 10.0 Å². The minimum atomic E-state index is -3.61. The summed E-state index contributed by atoms with van der Waals surface area (Å²) in [6.45, 7) is 2.16. The number of hydrogen-bond acceptors (Lipinski definition) is 6. The van der Waals surface area contributed by atoms with Crippen LogP contribution in [0.1, 0.15) is 18.5 Å². The Hall–Kier alpha value is -2.62. The number of sulfonamides is 1. The maximum atomic E-state index is 12.1. The molecule has 2 aromatic rings. The lowest BCUT2D eigenvalue weighted by Gasteiger charge is -2.15. The van der Waals surface area contributed by atoms with E-state index in [1.807, 2.05) is 31.2 Å². The second-order valence-electron chi connectivity index (χ2n) is 6.21. The average molecular weight is 423 g/mol. The zero-order valence-corrected chi connectivity index (χ0v) is 17.5. The molecule has 1 amide bonds. The van der Waals surface area contributed by atoms with Crippen molar-refractivity contribution in [2.24, 2.45) is 0 Å². The smallest absolute Gasteiger partial charge is 0.258 e. The standard InChI is InChI=1S/C20H26N2O6S/c1-15(16-4-6-17(27-3)7-5-16)22-20(23)14-28-18-8-10-19(11-9-18)29(24,25)21-12-13-26-2/h4-11,15,21H,12-14H2,1-3H3,(H,22,23). The van der Waals surface area contributed by atoms with E-state index in [-0.39, 0.29) is 36.6 Å². The highest BCUT2D eigenvalue weighted by molar-refractivity contribution is 7.89. The Morgan fingerprint density at radius 3 is 2.21 bits per heavy atom. The molecule has 29 heavy (non-hydrogen) atoms. The topological polar surface area (TPSA) is 103 Å². The number of carbonyl (C=O) groups is 1. The molecule has 0 saturated heterocycles. The lowest BCUT2D eigenvalue weighted by molar-refractivity contribution is -0.123. The van der Waals surface area contributed by atoms with Gasteiger partial charge in [-0.15, -0.1) is 0 Å². The van der Waals surface area contributed by atoms with E-state index in [0.717, 1.165) is 11.3 Å². The molecule has 0 spiro atoms. The van der Waals surface area contributed by atoms with Crippen LogP contribution in [0.5, 0.6) is 11.5 Å². The molecule has 2 aromatic carbocycles.